The van der Waals surface area contributed by atoms with E-state index in [9.17, 15) is 4.39 Å². The van der Waals surface area contributed by atoms with Crippen molar-refractivity contribution in [1.29, 1.82) is 0 Å². The van der Waals surface area contributed by atoms with Crippen LogP contribution in [-0.4, -0.2) is 0 Å². The van der Waals surface area contributed by atoms with Gasteiger partial charge >= 0.3 is 0 Å². The van der Waals surface area contributed by atoms with Crippen LogP contribution in [0.15, 0.2) is 36.4 Å². The highest BCUT2D eigenvalue weighted by Gasteiger charge is 2.11. The predicted octanol–water partition coefficient (Wildman–Crippen LogP) is 5.40. The third kappa shape index (κ3) is 2.34. The lowest BCUT2D eigenvalue weighted by atomic mass is 10.1. The van der Waals surface area contributed by atoms with Crippen molar-refractivity contribution in [2.75, 3.05) is 0 Å². The molecule has 0 fully saturated rings. The summed E-state index contributed by atoms with van der Waals surface area (Å²) in [4.78, 5) is 0. The van der Waals surface area contributed by atoms with Crippen LogP contribution in [0.1, 0.15) is 0 Å². The zero-order valence-electron chi connectivity index (χ0n) is 7.98. The molecule has 0 aliphatic heterocycles. The summed E-state index contributed by atoms with van der Waals surface area (Å²) >= 11 is 14.3. The van der Waals surface area contributed by atoms with Crippen molar-refractivity contribution in [1.82, 2.24) is 0 Å². The van der Waals surface area contributed by atoms with E-state index in [1.165, 1.54) is 12.1 Å². The van der Waals surface area contributed by atoms with Crippen LogP contribution in [0.5, 0.6) is 0 Å². The molecule has 16 heavy (non-hydrogen) atoms. The Morgan fingerprint density at radius 1 is 1.00 bits per heavy atom. The Balaban J connectivity index is 2.72. The Morgan fingerprint density at radius 3 is 2.25 bits per heavy atom. The van der Waals surface area contributed by atoms with E-state index in [1.807, 2.05) is 0 Å². The van der Waals surface area contributed by atoms with Crippen molar-refractivity contribution in [2.24, 2.45) is 0 Å². The largest absolute Gasteiger partial charge is 0.207 e. The summed E-state index contributed by atoms with van der Waals surface area (Å²) in [6.07, 6.45) is 0. The first-order valence-electron chi connectivity index (χ1n) is 4.49. The molecular formula is C12H6Cl2FI. The van der Waals surface area contributed by atoms with E-state index in [1.54, 1.807) is 24.3 Å². The van der Waals surface area contributed by atoms with E-state index in [0.717, 1.165) is 9.13 Å². The van der Waals surface area contributed by atoms with Gasteiger partial charge in [0.1, 0.15) is 5.82 Å². The normalized spacial score (nSPS) is 10.5. The van der Waals surface area contributed by atoms with E-state index < -0.39 is 0 Å². The van der Waals surface area contributed by atoms with Crippen LogP contribution in [0.4, 0.5) is 4.39 Å². The molecule has 0 radical (unpaired) electrons. The zero-order chi connectivity index (χ0) is 11.7. The molecule has 0 saturated heterocycles. The van der Waals surface area contributed by atoms with Gasteiger partial charge < -0.3 is 0 Å². The average molecular weight is 367 g/mol. The average Bonchev–Trinajstić information content (AvgIpc) is 2.23. The Labute approximate surface area is 117 Å². The molecule has 0 heterocycles. The number of hydrogen-bond donors (Lipinski definition) is 0. The summed E-state index contributed by atoms with van der Waals surface area (Å²) in [5, 5.41) is 1.05. The summed E-state index contributed by atoms with van der Waals surface area (Å²) in [6, 6.07) is 9.80. The molecule has 0 amide bonds. The van der Waals surface area contributed by atoms with Crippen LogP contribution in [0.2, 0.25) is 10.0 Å². The third-order valence-corrected chi connectivity index (χ3v) is 3.73. The second-order valence-electron chi connectivity index (χ2n) is 3.22. The number of hydrogen-bond acceptors (Lipinski definition) is 0. The van der Waals surface area contributed by atoms with Gasteiger partial charge in [0.05, 0.1) is 0 Å². The van der Waals surface area contributed by atoms with Crippen molar-refractivity contribution < 1.29 is 4.39 Å². The maximum absolute atomic E-state index is 13.2. The van der Waals surface area contributed by atoms with Crippen LogP contribution in [-0.2, 0) is 0 Å². The fourth-order valence-electron chi connectivity index (χ4n) is 1.44. The molecule has 2 aromatic rings. The molecule has 2 aromatic carbocycles. The summed E-state index contributed by atoms with van der Waals surface area (Å²) in [7, 11) is 0. The second-order valence-corrected chi connectivity index (χ2v) is 5.20. The first kappa shape index (κ1) is 12.1. The van der Waals surface area contributed by atoms with Crippen molar-refractivity contribution in [3.63, 3.8) is 0 Å². The third-order valence-electron chi connectivity index (χ3n) is 2.16. The van der Waals surface area contributed by atoms with Gasteiger partial charge in [0.25, 0.3) is 0 Å². The van der Waals surface area contributed by atoms with Crippen LogP contribution in [0.3, 0.4) is 0 Å². The molecule has 82 valence electrons. The van der Waals surface area contributed by atoms with E-state index in [-0.39, 0.29) is 5.82 Å². The minimum atomic E-state index is -0.300. The van der Waals surface area contributed by atoms with Gasteiger partial charge in [-0.2, -0.15) is 0 Å². The van der Waals surface area contributed by atoms with Crippen molar-refractivity contribution in [2.45, 2.75) is 0 Å². The minimum Gasteiger partial charge on any atom is -0.207 e. The van der Waals surface area contributed by atoms with Gasteiger partial charge in [0.2, 0.25) is 0 Å². The van der Waals surface area contributed by atoms with Gasteiger partial charge in [-0.05, 0) is 52.9 Å². The van der Waals surface area contributed by atoms with Crippen LogP contribution < -0.4 is 0 Å². The smallest absolute Gasteiger partial charge is 0.123 e. The number of benzene rings is 2. The molecular weight excluding hydrogens is 361 g/mol. The summed E-state index contributed by atoms with van der Waals surface area (Å²) in [5.41, 5.74) is 1.39. The standard InChI is InChI=1S/C12H6Cl2FI/c13-9-2-1-3-10(14)12(9)8-6-7(15)4-5-11(8)16/h1-6H. The number of rotatable bonds is 1. The molecule has 0 unspecified atom stereocenters. The maximum Gasteiger partial charge on any atom is 0.123 e. The van der Waals surface area contributed by atoms with E-state index in [2.05, 4.69) is 22.6 Å². The van der Waals surface area contributed by atoms with Gasteiger partial charge in [-0.15, -0.1) is 0 Å². The van der Waals surface area contributed by atoms with Gasteiger partial charge in [-0.1, -0.05) is 29.3 Å². The fraction of sp³-hybridized carbons (Fsp3) is 0. The van der Waals surface area contributed by atoms with E-state index in [0.29, 0.717) is 15.6 Å². The fourth-order valence-corrected chi connectivity index (χ4v) is 2.65. The van der Waals surface area contributed by atoms with Crippen LogP contribution in [0, 0.1) is 9.39 Å². The molecule has 0 bridgehead atoms. The molecule has 0 aliphatic rings. The topological polar surface area (TPSA) is 0 Å². The van der Waals surface area contributed by atoms with Crippen LogP contribution >= 0.6 is 45.8 Å². The highest BCUT2D eigenvalue weighted by atomic mass is 127. The molecule has 2 rings (SSSR count). The highest BCUT2D eigenvalue weighted by Crippen LogP contribution is 2.37. The van der Waals surface area contributed by atoms with Crippen molar-refractivity contribution in [3.05, 3.63) is 55.8 Å². The van der Waals surface area contributed by atoms with Gasteiger partial charge in [0.15, 0.2) is 0 Å². The summed E-state index contributed by atoms with van der Waals surface area (Å²) in [6.45, 7) is 0. The van der Waals surface area contributed by atoms with Gasteiger partial charge in [-0.25, -0.2) is 4.39 Å². The van der Waals surface area contributed by atoms with Gasteiger partial charge in [0, 0.05) is 24.7 Å². The second kappa shape index (κ2) is 4.90. The van der Waals surface area contributed by atoms with Crippen molar-refractivity contribution >= 4 is 45.8 Å². The Morgan fingerprint density at radius 2 is 1.62 bits per heavy atom. The zero-order valence-corrected chi connectivity index (χ0v) is 11.6. The maximum atomic E-state index is 13.2. The molecule has 0 nitrogen and oxygen atoms in total. The molecule has 0 aromatic heterocycles. The number of halogens is 4. The van der Waals surface area contributed by atoms with E-state index in [4.69, 9.17) is 23.2 Å². The molecule has 4 heteroatoms. The Kier molecular flexibility index (Phi) is 3.72. The lowest BCUT2D eigenvalue weighted by Crippen LogP contribution is -1.87. The molecule has 0 aliphatic carbocycles. The molecule has 0 spiro atoms. The predicted molar refractivity (Wildman–Crippen MR) is 74.6 cm³/mol. The molecule has 0 saturated carbocycles. The summed E-state index contributed by atoms with van der Waals surface area (Å²) < 4.78 is 14.1. The highest BCUT2D eigenvalue weighted by molar-refractivity contribution is 14.1. The minimum absolute atomic E-state index is 0.300. The first-order valence-corrected chi connectivity index (χ1v) is 6.32. The molecule has 0 N–H and O–H groups in total. The first-order chi connectivity index (χ1) is 7.59. The summed E-state index contributed by atoms with van der Waals surface area (Å²) in [5.74, 6) is -0.300. The quantitative estimate of drug-likeness (QED) is 0.592. The Bertz CT molecular complexity index is 520. The monoisotopic (exact) mass is 366 g/mol. The van der Waals surface area contributed by atoms with Gasteiger partial charge in [-0.3, -0.25) is 0 Å². The van der Waals surface area contributed by atoms with E-state index >= 15 is 0 Å². The van der Waals surface area contributed by atoms with Crippen molar-refractivity contribution in [3.8, 4) is 11.1 Å². The molecule has 0 atom stereocenters. The lowest BCUT2D eigenvalue weighted by Gasteiger charge is -2.09. The lowest BCUT2D eigenvalue weighted by molar-refractivity contribution is 0.628. The SMILES string of the molecule is Fc1ccc(I)c(-c2c(Cl)cccc2Cl)c1. The Hall–Kier alpha value is -0.320. The van der Waals surface area contributed by atoms with Crippen LogP contribution in [0.25, 0.3) is 11.1 Å².